The van der Waals surface area contributed by atoms with E-state index in [0.29, 0.717) is 5.75 Å². The molecule has 0 aliphatic rings. The van der Waals surface area contributed by atoms with Crippen molar-refractivity contribution in [2.75, 3.05) is 18.5 Å². The molecule has 1 N–H and O–H groups in total. The molecule has 0 aliphatic heterocycles. The second-order valence-corrected chi connectivity index (χ2v) is 5.17. The van der Waals surface area contributed by atoms with Gasteiger partial charge in [-0.1, -0.05) is 29.8 Å². The Morgan fingerprint density at radius 1 is 1.12 bits per heavy atom. The molecule has 0 bridgehead atoms. The number of rotatable bonds is 7. The second-order valence-electron chi connectivity index (χ2n) is 4.73. The van der Waals surface area contributed by atoms with Crippen LogP contribution < -0.4 is 10.1 Å². The van der Waals surface area contributed by atoms with Crippen LogP contribution in [0.4, 0.5) is 11.4 Å². The molecule has 0 radical (unpaired) electrons. The number of carbonyl (C=O) groups is 2. The highest BCUT2D eigenvalue weighted by atomic mass is 35.5. The summed E-state index contributed by atoms with van der Waals surface area (Å²) < 4.78 is 9.92. The fraction of sp³-hybridized carbons (Fsp3) is 0.125. The van der Waals surface area contributed by atoms with Gasteiger partial charge in [0.1, 0.15) is 11.4 Å². The fourth-order valence-corrected chi connectivity index (χ4v) is 1.97. The van der Waals surface area contributed by atoms with Gasteiger partial charge in [-0.25, -0.2) is 4.79 Å². The van der Waals surface area contributed by atoms with Crippen molar-refractivity contribution in [1.82, 2.24) is 0 Å². The number of hydrogen-bond acceptors (Lipinski definition) is 6. The van der Waals surface area contributed by atoms with Crippen molar-refractivity contribution in [3.05, 3.63) is 63.7 Å². The quantitative estimate of drug-likeness (QED) is 0.460. The van der Waals surface area contributed by atoms with Crippen molar-refractivity contribution in [2.45, 2.75) is 0 Å². The Morgan fingerprint density at radius 3 is 2.52 bits per heavy atom. The van der Waals surface area contributed by atoms with E-state index in [4.69, 9.17) is 21.1 Å². The minimum Gasteiger partial charge on any atom is -0.482 e. The van der Waals surface area contributed by atoms with E-state index >= 15 is 0 Å². The number of nitrogens with one attached hydrogen (secondary N) is 1. The number of nitro benzene ring substituents is 1. The van der Waals surface area contributed by atoms with Crippen LogP contribution in [0.5, 0.6) is 5.75 Å². The Balaban J connectivity index is 1.83. The smallest absolute Gasteiger partial charge is 0.344 e. The Bertz CT molecular complexity index is 781. The minimum atomic E-state index is -0.750. The van der Waals surface area contributed by atoms with Crippen molar-refractivity contribution in [3.8, 4) is 5.75 Å². The maximum absolute atomic E-state index is 11.8. The van der Waals surface area contributed by atoms with Crippen LogP contribution in [0.1, 0.15) is 0 Å². The van der Waals surface area contributed by atoms with Gasteiger partial charge in [-0.2, -0.15) is 0 Å². The predicted octanol–water partition coefficient (Wildman–Crippen LogP) is 2.81. The number of anilines is 1. The minimum absolute atomic E-state index is 0.0842. The van der Waals surface area contributed by atoms with Crippen LogP contribution in [0.25, 0.3) is 0 Å². The van der Waals surface area contributed by atoms with Gasteiger partial charge < -0.3 is 14.8 Å². The summed E-state index contributed by atoms with van der Waals surface area (Å²) in [5.74, 6) is -1.00. The molecular formula is C16H13ClN2O6. The zero-order valence-corrected chi connectivity index (χ0v) is 13.6. The lowest BCUT2D eigenvalue weighted by Gasteiger charge is -2.08. The van der Waals surface area contributed by atoms with Gasteiger partial charge in [0.2, 0.25) is 0 Å². The van der Waals surface area contributed by atoms with E-state index in [1.54, 1.807) is 30.3 Å². The summed E-state index contributed by atoms with van der Waals surface area (Å²) in [6.45, 7) is -0.977. The molecular weight excluding hydrogens is 352 g/mol. The monoisotopic (exact) mass is 364 g/mol. The van der Waals surface area contributed by atoms with Crippen LogP contribution in [-0.4, -0.2) is 30.0 Å². The largest absolute Gasteiger partial charge is 0.482 e. The summed E-state index contributed by atoms with van der Waals surface area (Å²) in [6.07, 6.45) is 0. The van der Waals surface area contributed by atoms with Crippen LogP contribution in [0, 0.1) is 10.1 Å². The first-order valence-corrected chi connectivity index (χ1v) is 7.41. The molecule has 0 saturated carbocycles. The average molecular weight is 365 g/mol. The molecule has 8 nitrogen and oxygen atoms in total. The molecule has 25 heavy (non-hydrogen) atoms. The standard InChI is InChI=1S/C16H13ClN2O6/c17-11-6-7-14(19(22)23)13(8-11)18-15(20)9-25-16(21)10-24-12-4-2-1-3-5-12/h1-8H,9-10H2,(H,18,20). The number of nitro groups is 1. The van der Waals surface area contributed by atoms with Gasteiger partial charge in [-0.05, 0) is 24.3 Å². The molecule has 0 heterocycles. The molecule has 2 aromatic carbocycles. The van der Waals surface area contributed by atoms with E-state index in [1.807, 2.05) is 0 Å². The average Bonchev–Trinajstić information content (AvgIpc) is 2.59. The van der Waals surface area contributed by atoms with Crippen molar-refractivity contribution in [2.24, 2.45) is 0 Å². The molecule has 0 spiro atoms. The lowest BCUT2D eigenvalue weighted by molar-refractivity contribution is -0.383. The van der Waals surface area contributed by atoms with Crippen molar-refractivity contribution >= 4 is 34.9 Å². The van der Waals surface area contributed by atoms with Gasteiger partial charge in [-0.15, -0.1) is 0 Å². The highest BCUT2D eigenvalue weighted by Crippen LogP contribution is 2.27. The SMILES string of the molecule is O=C(COC(=O)COc1ccccc1)Nc1cc(Cl)ccc1[N+](=O)[O-]. The number of nitrogens with zero attached hydrogens (tertiary/aromatic N) is 1. The molecule has 1 amide bonds. The van der Waals surface area contributed by atoms with Crippen molar-refractivity contribution in [3.63, 3.8) is 0 Å². The number of ether oxygens (including phenoxy) is 2. The van der Waals surface area contributed by atoms with E-state index in [9.17, 15) is 19.7 Å². The summed E-state index contributed by atoms with van der Waals surface area (Å²) in [7, 11) is 0. The molecule has 2 aromatic rings. The number of esters is 1. The Kier molecular flexibility index (Phi) is 6.30. The maximum atomic E-state index is 11.8. The lowest BCUT2D eigenvalue weighted by Crippen LogP contribution is -2.24. The second kappa shape index (κ2) is 8.65. The van der Waals surface area contributed by atoms with Crippen LogP contribution in [-0.2, 0) is 14.3 Å². The Labute approximate surface area is 147 Å². The highest BCUT2D eigenvalue weighted by Gasteiger charge is 2.17. The molecule has 0 unspecified atom stereocenters. The third-order valence-corrected chi connectivity index (χ3v) is 3.13. The number of benzene rings is 2. The molecule has 0 fully saturated rings. The first kappa shape index (κ1) is 18.2. The van der Waals surface area contributed by atoms with E-state index in [2.05, 4.69) is 5.32 Å². The summed E-state index contributed by atoms with van der Waals surface area (Å²) >= 11 is 5.76. The van der Waals surface area contributed by atoms with E-state index in [1.165, 1.54) is 12.1 Å². The van der Waals surface area contributed by atoms with Crippen LogP contribution in [0.3, 0.4) is 0 Å². The van der Waals surface area contributed by atoms with Gasteiger partial charge in [0, 0.05) is 11.1 Å². The van der Waals surface area contributed by atoms with E-state index in [0.717, 1.165) is 6.07 Å². The molecule has 0 aliphatic carbocycles. The normalized spacial score (nSPS) is 9.96. The fourth-order valence-electron chi connectivity index (χ4n) is 1.80. The molecule has 0 saturated heterocycles. The maximum Gasteiger partial charge on any atom is 0.344 e. The number of hydrogen-bond donors (Lipinski definition) is 1. The Hall–Kier alpha value is -3.13. The summed E-state index contributed by atoms with van der Waals surface area (Å²) in [5.41, 5.74) is -0.407. The molecule has 130 valence electrons. The van der Waals surface area contributed by atoms with Crippen LogP contribution in [0.15, 0.2) is 48.5 Å². The van der Waals surface area contributed by atoms with Crippen molar-refractivity contribution in [1.29, 1.82) is 0 Å². The molecule has 0 atom stereocenters. The van der Waals surface area contributed by atoms with Crippen LogP contribution in [0.2, 0.25) is 5.02 Å². The topological polar surface area (TPSA) is 108 Å². The Morgan fingerprint density at radius 2 is 1.84 bits per heavy atom. The van der Waals surface area contributed by atoms with Gasteiger partial charge >= 0.3 is 5.97 Å². The van der Waals surface area contributed by atoms with Crippen LogP contribution >= 0.6 is 11.6 Å². The first-order valence-electron chi connectivity index (χ1n) is 7.03. The third kappa shape index (κ3) is 5.78. The van der Waals surface area contributed by atoms with Gasteiger partial charge in [-0.3, -0.25) is 14.9 Å². The number of para-hydroxylation sites is 1. The van der Waals surface area contributed by atoms with Crippen molar-refractivity contribution < 1.29 is 24.0 Å². The van der Waals surface area contributed by atoms with Gasteiger partial charge in [0.15, 0.2) is 13.2 Å². The molecule has 0 aromatic heterocycles. The lowest BCUT2D eigenvalue weighted by atomic mass is 10.2. The van der Waals surface area contributed by atoms with Gasteiger partial charge in [0.05, 0.1) is 4.92 Å². The summed E-state index contributed by atoms with van der Waals surface area (Å²) in [4.78, 5) is 33.6. The highest BCUT2D eigenvalue weighted by molar-refractivity contribution is 6.31. The number of halogens is 1. The molecule has 9 heteroatoms. The summed E-state index contributed by atoms with van der Waals surface area (Å²) in [5, 5.41) is 13.4. The molecule has 2 rings (SSSR count). The zero-order valence-electron chi connectivity index (χ0n) is 12.8. The van der Waals surface area contributed by atoms with E-state index < -0.39 is 23.4 Å². The predicted molar refractivity (Wildman–Crippen MR) is 89.6 cm³/mol. The number of carbonyl (C=O) groups excluding carboxylic acids is 2. The number of amides is 1. The van der Waals surface area contributed by atoms with E-state index in [-0.39, 0.29) is 23.0 Å². The summed E-state index contributed by atoms with van der Waals surface area (Å²) in [6, 6.07) is 12.3. The third-order valence-electron chi connectivity index (χ3n) is 2.89. The first-order chi connectivity index (χ1) is 12.0. The van der Waals surface area contributed by atoms with Gasteiger partial charge in [0.25, 0.3) is 11.6 Å². The zero-order chi connectivity index (χ0) is 18.2.